The zero-order valence-electron chi connectivity index (χ0n) is 17.4. The van der Waals surface area contributed by atoms with Crippen molar-refractivity contribution in [1.29, 1.82) is 0 Å². The molecule has 0 fully saturated rings. The van der Waals surface area contributed by atoms with Gasteiger partial charge >= 0.3 is 0 Å². The van der Waals surface area contributed by atoms with Gasteiger partial charge in [0.1, 0.15) is 0 Å². The molecule has 0 spiro atoms. The summed E-state index contributed by atoms with van der Waals surface area (Å²) in [6, 6.07) is 35.9. The van der Waals surface area contributed by atoms with E-state index >= 15 is 0 Å². The average Bonchev–Trinajstić information content (AvgIpc) is 2.85. The van der Waals surface area contributed by atoms with Gasteiger partial charge in [0.25, 0.3) is 0 Å². The number of hydrogen-bond donors (Lipinski definition) is 0. The van der Waals surface area contributed by atoms with Crippen molar-refractivity contribution in [1.82, 2.24) is 9.97 Å². The Bertz CT molecular complexity index is 1250. The molecule has 0 aliphatic rings. The molecule has 148 valence electrons. The van der Waals surface area contributed by atoms with Gasteiger partial charge in [-0.15, -0.1) is 0 Å². The number of aromatic nitrogens is 2. The van der Waals surface area contributed by atoms with Gasteiger partial charge in [-0.1, -0.05) is 84.9 Å². The third kappa shape index (κ3) is 3.76. The smallest absolute Gasteiger partial charge is 0.0720 e. The van der Waals surface area contributed by atoms with E-state index in [1.807, 2.05) is 25.4 Å². The molecule has 2 nitrogen and oxygen atoms in total. The summed E-state index contributed by atoms with van der Waals surface area (Å²) in [7, 11) is 0. The Balaban J connectivity index is 1.70. The van der Waals surface area contributed by atoms with Crippen LogP contribution in [0.5, 0.6) is 0 Å². The van der Waals surface area contributed by atoms with Gasteiger partial charge in [-0.25, -0.2) is 0 Å². The molecule has 5 aromatic rings. The Labute approximate surface area is 182 Å². The van der Waals surface area contributed by atoms with Crippen LogP contribution in [0.3, 0.4) is 0 Å². The first-order valence-electron chi connectivity index (χ1n) is 10.4. The lowest BCUT2D eigenvalue weighted by atomic mass is 9.88. The molecule has 0 unspecified atom stereocenters. The van der Waals surface area contributed by atoms with E-state index in [-0.39, 0.29) is 0 Å². The first-order valence-corrected chi connectivity index (χ1v) is 10.4. The molecule has 0 saturated heterocycles. The SMILES string of the molecule is Cc1ncccc1-c1ccc(-c2c(-c3ccccc3)cccc2-c2ccccc2)cn1. The fraction of sp³-hybridized carbons (Fsp3) is 0.0345. The molecule has 0 saturated carbocycles. The second-order valence-electron chi connectivity index (χ2n) is 7.53. The highest BCUT2D eigenvalue weighted by atomic mass is 14.7. The predicted octanol–water partition coefficient (Wildman–Crippen LogP) is 7.45. The summed E-state index contributed by atoms with van der Waals surface area (Å²) in [6.07, 6.45) is 3.80. The molecule has 0 aliphatic heterocycles. The van der Waals surface area contributed by atoms with Crippen molar-refractivity contribution in [3.05, 3.63) is 121 Å². The van der Waals surface area contributed by atoms with Crippen LogP contribution in [0.25, 0.3) is 44.6 Å². The molecular formula is C29H22N2. The number of hydrogen-bond acceptors (Lipinski definition) is 2. The minimum Gasteiger partial charge on any atom is -0.261 e. The van der Waals surface area contributed by atoms with Crippen molar-refractivity contribution in [2.24, 2.45) is 0 Å². The van der Waals surface area contributed by atoms with Crippen molar-refractivity contribution in [2.75, 3.05) is 0 Å². The lowest BCUT2D eigenvalue weighted by Gasteiger charge is -2.16. The molecular weight excluding hydrogens is 376 g/mol. The van der Waals surface area contributed by atoms with Crippen molar-refractivity contribution in [3.8, 4) is 44.6 Å². The third-order valence-electron chi connectivity index (χ3n) is 5.57. The van der Waals surface area contributed by atoms with E-state index in [0.29, 0.717) is 0 Å². The minimum absolute atomic E-state index is 0.938. The number of benzene rings is 3. The van der Waals surface area contributed by atoms with Crippen molar-refractivity contribution in [3.63, 3.8) is 0 Å². The fourth-order valence-corrected chi connectivity index (χ4v) is 4.04. The summed E-state index contributed by atoms with van der Waals surface area (Å²) < 4.78 is 0. The van der Waals surface area contributed by atoms with E-state index in [0.717, 1.165) is 22.5 Å². The monoisotopic (exact) mass is 398 g/mol. The quantitative estimate of drug-likeness (QED) is 0.314. The van der Waals surface area contributed by atoms with Crippen LogP contribution in [-0.4, -0.2) is 9.97 Å². The number of nitrogens with zero attached hydrogens (tertiary/aromatic N) is 2. The maximum atomic E-state index is 4.82. The third-order valence-corrected chi connectivity index (χ3v) is 5.57. The van der Waals surface area contributed by atoms with Gasteiger partial charge in [0.2, 0.25) is 0 Å². The van der Waals surface area contributed by atoms with Gasteiger partial charge in [0.05, 0.1) is 5.69 Å². The zero-order valence-corrected chi connectivity index (χ0v) is 17.4. The molecule has 0 N–H and O–H groups in total. The zero-order chi connectivity index (χ0) is 21.0. The van der Waals surface area contributed by atoms with Gasteiger partial charge < -0.3 is 0 Å². The maximum absolute atomic E-state index is 4.82. The van der Waals surface area contributed by atoms with Crippen LogP contribution in [0.2, 0.25) is 0 Å². The van der Waals surface area contributed by atoms with E-state index in [2.05, 4.69) is 102 Å². The predicted molar refractivity (Wildman–Crippen MR) is 129 cm³/mol. The number of rotatable bonds is 4. The maximum Gasteiger partial charge on any atom is 0.0720 e. The Morgan fingerprint density at radius 3 is 1.65 bits per heavy atom. The molecule has 3 aromatic carbocycles. The standard InChI is InChI=1S/C29H22N2/c1-21-25(16-9-19-30-21)28-18-17-24(20-31-28)29-26(22-10-4-2-5-11-22)14-8-15-27(29)23-12-6-3-7-13-23/h2-20H,1H3. The van der Waals surface area contributed by atoms with E-state index in [4.69, 9.17) is 4.98 Å². The van der Waals surface area contributed by atoms with Crippen LogP contribution >= 0.6 is 0 Å². The summed E-state index contributed by atoms with van der Waals surface area (Å²) >= 11 is 0. The number of aryl methyl sites for hydroxylation is 1. The van der Waals surface area contributed by atoms with Gasteiger partial charge in [-0.3, -0.25) is 9.97 Å². The van der Waals surface area contributed by atoms with E-state index < -0.39 is 0 Å². The van der Waals surface area contributed by atoms with E-state index in [1.54, 1.807) is 0 Å². The molecule has 0 amide bonds. The van der Waals surface area contributed by atoms with Crippen LogP contribution in [0.4, 0.5) is 0 Å². The lowest BCUT2D eigenvalue weighted by Crippen LogP contribution is -1.93. The number of pyridine rings is 2. The van der Waals surface area contributed by atoms with Crippen LogP contribution in [-0.2, 0) is 0 Å². The summed E-state index contributed by atoms with van der Waals surface area (Å²) in [6.45, 7) is 2.02. The lowest BCUT2D eigenvalue weighted by molar-refractivity contribution is 1.19. The molecule has 31 heavy (non-hydrogen) atoms. The second kappa shape index (κ2) is 8.37. The molecule has 5 rings (SSSR count). The summed E-state index contributed by atoms with van der Waals surface area (Å²) in [5, 5.41) is 0. The Hall–Kier alpha value is -4.04. The molecule has 0 atom stereocenters. The first kappa shape index (κ1) is 19.0. The molecule has 2 heteroatoms. The van der Waals surface area contributed by atoms with Crippen LogP contribution in [0.15, 0.2) is 116 Å². The second-order valence-corrected chi connectivity index (χ2v) is 7.53. The van der Waals surface area contributed by atoms with E-state index in [1.165, 1.54) is 27.8 Å². The van der Waals surface area contributed by atoms with Gasteiger partial charge in [0.15, 0.2) is 0 Å². The van der Waals surface area contributed by atoms with E-state index in [9.17, 15) is 0 Å². The summed E-state index contributed by atoms with van der Waals surface area (Å²) in [4.78, 5) is 9.22. The molecule has 0 radical (unpaired) electrons. The van der Waals surface area contributed by atoms with Crippen LogP contribution in [0, 0.1) is 6.92 Å². The largest absolute Gasteiger partial charge is 0.261 e. The minimum atomic E-state index is 0.938. The first-order chi connectivity index (χ1) is 15.3. The van der Waals surface area contributed by atoms with Gasteiger partial charge in [-0.2, -0.15) is 0 Å². The summed E-state index contributed by atoms with van der Waals surface area (Å²) in [5.41, 5.74) is 10.1. The summed E-state index contributed by atoms with van der Waals surface area (Å²) in [5.74, 6) is 0. The Morgan fingerprint density at radius 2 is 1.10 bits per heavy atom. The molecule has 0 aliphatic carbocycles. The van der Waals surface area contributed by atoms with Crippen molar-refractivity contribution >= 4 is 0 Å². The highest BCUT2D eigenvalue weighted by Gasteiger charge is 2.14. The highest BCUT2D eigenvalue weighted by molar-refractivity contribution is 5.94. The Morgan fingerprint density at radius 1 is 0.484 bits per heavy atom. The van der Waals surface area contributed by atoms with Crippen molar-refractivity contribution in [2.45, 2.75) is 6.92 Å². The van der Waals surface area contributed by atoms with Crippen LogP contribution < -0.4 is 0 Å². The average molecular weight is 399 g/mol. The molecule has 0 bridgehead atoms. The van der Waals surface area contributed by atoms with Gasteiger partial charge in [-0.05, 0) is 52.9 Å². The Kier molecular flexibility index (Phi) is 5.12. The highest BCUT2D eigenvalue weighted by Crippen LogP contribution is 2.40. The topological polar surface area (TPSA) is 25.8 Å². The van der Waals surface area contributed by atoms with Crippen LogP contribution in [0.1, 0.15) is 5.69 Å². The normalized spacial score (nSPS) is 10.7. The van der Waals surface area contributed by atoms with Gasteiger partial charge in [0, 0.05) is 29.2 Å². The molecule has 2 aromatic heterocycles. The molecule has 2 heterocycles. The fourth-order valence-electron chi connectivity index (χ4n) is 4.04. The van der Waals surface area contributed by atoms with Crippen molar-refractivity contribution < 1.29 is 0 Å².